The Morgan fingerprint density at radius 3 is 2.32 bits per heavy atom. The number of amides is 1. The molecule has 0 heterocycles. The molecule has 0 aromatic heterocycles. The van der Waals surface area contributed by atoms with Gasteiger partial charge in [-0.3, -0.25) is 0 Å². The first-order valence-corrected chi connectivity index (χ1v) is 8.24. The molecule has 0 unspecified atom stereocenters. The number of carbonyl (C=O) groups is 1. The first-order valence-electron chi connectivity index (χ1n) is 8.24. The van der Waals surface area contributed by atoms with Crippen molar-refractivity contribution in [3.8, 4) is 11.5 Å². The summed E-state index contributed by atoms with van der Waals surface area (Å²) in [6, 6.07) is 11.3. The van der Waals surface area contributed by atoms with E-state index in [1.54, 1.807) is 6.07 Å². The first-order chi connectivity index (χ1) is 11.6. The second kappa shape index (κ2) is 7.47. The molecule has 25 heavy (non-hydrogen) atoms. The summed E-state index contributed by atoms with van der Waals surface area (Å²) in [5.74, 6) is 1.43. The van der Waals surface area contributed by atoms with E-state index in [-0.39, 0.29) is 6.54 Å². The Hall–Kier alpha value is -2.69. The normalized spacial score (nSPS) is 11.1. The number of aryl methyl sites for hydroxylation is 2. The summed E-state index contributed by atoms with van der Waals surface area (Å²) >= 11 is 0. The van der Waals surface area contributed by atoms with Crippen molar-refractivity contribution in [3.63, 3.8) is 0 Å². The molecule has 5 nitrogen and oxygen atoms in total. The molecular formula is C20H26N2O3. The number of alkyl carbamates (subject to hydrolysis) is 1. The summed E-state index contributed by atoms with van der Waals surface area (Å²) in [4.78, 5) is 11.8. The molecule has 0 saturated carbocycles. The van der Waals surface area contributed by atoms with E-state index in [9.17, 15) is 4.79 Å². The molecule has 2 aromatic rings. The summed E-state index contributed by atoms with van der Waals surface area (Å²) in [7, 11) is 0. The average Bonchev–Trinajstić information content (AvgIpc) is 2.50. The molecule has 0 fully saturated rings. The number of ether oxygens (including phenoxy) is 2. The van der Waals surface area contributed by atoms with Gasteiger partial charge in [0.15, 0.2) is 0 Å². The van der Waals surface area contributed by atoms with E-state index >= 15 is 0 Å². The highest BCUT2D eigenvalue weighted by atomic mass is 16.6. The van der Waals surface area contributed by atoms with Crippen molar-refractivity contribution in [2.24, 2.45) is 0 Å². The Balaban J connectivity index is 2.06. The van der Waals surface area contributed by atoms with Crippen LogP contribution in [0.2, 0.25) is 0 Å². The lowest BCUT2D eigenvalue weighted by Gasteiger charge is -2.20. The van der Waals surface area contributed by atoms with Crippen molar-refractivity contribution in [1.29, 1.82) is 0 Å². The van der Waals surface area contributed by atoms with Crippen LogP contribution < -0.4 is 15.8 Å². The van der Waals surface area contributed by atoms with Gasteiger partial charge < -0.3 is 20.5 Å². The van der Waals surface area contributed by atoms with Gasteiger partial charge in [-0.1, -0.05) is 6.07 Å². The maximum absolute atomic E-state index is 11.8. The molecule has 2 rings (SSSR count). The Labute approximate surface area is 149 Å². The summed E-state index contributed by atoms with van der Waals surface area (Å²) < 4.78 is 11.1. The lowest BCUT2D eigenvalue weighted by atomic mass is 10.1. The van der Waals surface area contributed by atoms with Crippen molar-refractivity contribution in [3.05, 3.63) is 53.1 Å². The van der Waals surface area contributed by atoms with Gasteiger partial charge in [0.1, 0.15) is 17.1 Å². The second-order valence-electron chi connectivity index (χ2n) is 7.06. The largest absolute Gasteiger partial charge is 0.457 e. The predicted octanol–water partition coefficient (Wildman–Crippen LogP) is 4.70. The average molecular weight is 342 g/mol. The van der Waals surface area contributed by atoms with Gasteiger partial charge in [-0.25, -0.2) is 4.79 Å². The fraction of sp³-hybridized carbons (Fsp3) is 0.350. The van der Waals surface area contributed by atoms with Gasteiger partial charge in [-0.2, -0.15) is 0 Å². The topological polar surface area (TPSA) is 73.6 Å². The maximum Gasteiger partial charge on any atom is 0.407 e. The highest BCUT2D eigenvalue weighted by Crippen LogP contribution is 2.26. The van der Waals surface area contributed by atoms with E-state index < -0.39 is 11.7 Å². The molecule has 0 spiro atoms. The molecule has 134 valence electrons. The quantitative estimate of drug-likeness (QED) is 0.790. The van der Waals surface area contributed by atoms with E-state index in [1.165, 1.54) is 11.1 Å². The number of benzene rings is 2. The molecule has 0 aliphatic heterocycles. The lowest BCUT2D eigenvalue weighted by Crippen LogP contribution is -2.32. The van der Waals surface area contributed by atoms with E-state index in [4.69, 9.17) is 15.2 Å². The summed E-state index contributed by atoms with van der Waals surface area (Å²) in [5, 5.41) is 2.71. The van der Waals surface area contributed by atoms with Crippen molar-refractivity contribution in [1.82, 2.24) is 5.32 Å². The SMILES string of the molecule is Cc1ccc(Oc2ccc(N)c(CNC(=O)OC(C)(C)C)c2)cc1C. The van der Waals surface area contributed by atoms with Crippen molar-refractivity contribution < 1.29 is 14.3 Å². The van der Waals surface area contributed by atoms with Crippen LogP contribution in [0.1, 0.15) is 37.5 Å². The Kier molecular flexibility index (Phi) is 5.57. The molecule has 0 radical (unpaired) electrons. The Morgan fingerprint density at radius 1 is 1.04 bits per heavy atom. The summed E-state index contributed by atoms with van der Waals surface area (Å²) in [6.07, 6.45) is -0.479. The predicted molar refractivity (Wildman–Crippen MR) is 99.9 cm³/mol. The lowest BCUT2D eigenvalue weighted by molar-refractivity contribution is 0.0523. The molecule has 3 N–H and O–H groups in total. The molecule has 2 aromatic carbocycles. The highest BCUT2D eigenvalue weighted by molar-refractivity contribution is 5.68. The van der Waals surface area contributed by atoms with Crippen LogP contribution in [0.5, 0.6) is 11.5 Å². The van der Waals surface area contributed by atoms with Crippen molar-refractivity contribution in [2.45, 2.75) is 46.8 Å². The van der Waals surface area contributed by atoms with Gasteiger partial charge in [0.2, 0.25) is 0 Å². The number of rotatable bonds is 4. The fourth-order valence-electron chi connectivity index (χ4n) is 2.19. The number of hydrogen-bond acceptors (Lipinski definition) is 4. The van der Waals surface area contributed by atoms with Crippen molar-refractivity contribution in [2.75, 3.05) is 5.73 Å². The number of nitrogens with two attached hydrogens (primary N) is 1. The van der Waals surface area contributed by atoms with Gasteiger partial charge in [-0.05, 0) is 81.6 Å². The number of hydrogen-bond donors (Lipinski definition) is 2. The van der Waals surface area contributed by atoms with Gasteiger partial charge >= 0.3 is 6.09 Å². The van der Waals surface area contributed by atoms with Crippen LogP contribution in [-0.4, -0.2) is 11.7 Å². The van der Waals surface area contributed by atoms with E-state index in [0.29, 0.717) is 11.4 Å². The third-order valence-electron chi connectivity index (χ3n) is 3.65. The number of nitrogen functional groups attached to an aromatic ring is 1. The minimum Gasteiger partial charge on any atom is -0.457 e. The van der Waals surface area contributed by atoms with E-state index in [0.717, 1.165) is 11.3 Å². The van der Waals surface area contributed by atoms with Gasteiger partial charge in [0.25, 0.3) is 0 Å². The minimum atomic E-state index is -0.538. The van der Waals surface area contributed by atoms with E-state index in [2.05, 4.69) is 12.2 Å². The van der Waals surface area contributed by atoms with Crippen LogP contribution in [0.3, 0.4) is 0 Å². The zero-order valence-corrected chi connectivity index (χ0v) is 15.5. The van der Waals surface area contributed by atoms with Crippen LogP contribution in [-0.2, 0) is 11.3 Å². The third kappa shape index (κ3) is 5.71. The maximum atomic E-state index is 11.8. The standard InChI is InChI=1S/C20H26N2O3/c1-13-6-7-16(10-14(13)2)24-17-8-9-18(21)15(11-17)12-22-19(23)25-20(3,4)5/h6-11H,12,21H2,1-5H3,(H,22,23). The molecular weight excluding hydrogens is 316 g/mol. The van der Waals surface area contributed by atoms with Crippen LogP contribution in [0, 0.1) is 13.8 Å². The Morgan fingerprint density at radius 2 is 1.68 bits per heavy atom. The summed E-state index contributed by atoms with van der Waals surface area (Å²) in [5.41, 5.74) is 9.19. The Bertz CT molecular complexity index is 764. The van der Waals surface area contributed by atoms with Crippen LogP contribution in [0.25, 0.3) is 0 Å². The van der Waals surface area contributed by atoms with Crippen LogP contribution in [0.15, 0.2) is 36.4 Å². The molecule has 5 heteroatoms. The molecule has 1 amide bonds. The van der Waals surface area contributed by atoms with Crippen molar-refractivity contribution >= 4 is 11.8 Å². The van der Waals surface area contributed by atoms with Gasteiger partial charge in [0, 0.05) is 12.2 Å². The number of carbonyl (C=O) groups excluding carboxylic acids is 1. The molecule has 0 aliphatic carbocycles. The highest BCUT2D eigenvalue weighted by Gasteiger charge is 2.16. The number of anilines is 1. The zero-order valence-electron chi connectivity index (χ0n) is 15.5. The molecule has 0 saturated heterocycles. The third-order valence-corrected chi connectivity index (χ3v) is 3.65. The molecule has 0 atom stereocenters. The zero-order chi connectivity index (χ0) is 18.6. The first kappa shape index (κ1) is 18.6. The number of nitrogens with one attached hydrogen (secondary N) is 1. The smallest absolute Gasteiger partial charge is 0.407 e. The van der Waals surface area contributed by atoms with Gasteiger partial charge in [0.05, 0.1) is 0 Å². The molecule has 0 bridgehead atoms. The van der Waals surface area contributed by atoms with E-state index in [1.807, 2.05) is 58.0 Å². The summed E-state index contributed by atoms with van der Waals surface area (Å²) in [6.45, 7) is 9.83. The minimum absolute atomic E-state index is 0.269. The van der Waals surface area contributed by atoms with Crippen LogP contribution >= 0.6 is 0 Å². The second-order valence-corrected chi connectivity index (χ2v) is 7.06. The van der Waals surface area contributed by atoms with Crippen LogP contribution in [0.4, 0.5) is 10.5 Å². The van der Waals surface area contributed by atoms with Gasteiger partial charge in [-0.15, -0.1) is 0 Å². The fourth-order valence-corrected chi connectivity index (χ4v) is 2.19. The molecule has 0 aliphatic rings. The monoisotopic (exact) mass is 342 g/mol.